The van der Waals surface area contributed by atoms with Crippen LogP contribution in [-0.2, 0) is 11.3 Å². The number of hydrazone groups is 1. The monoisotopic (exact) mass is 456 g/mol. The van der Waals surface area contributed by atoms with E-state index in [1.54, 1.807) is 24.4 Å². The summed E-state index contributed by atoms with van der Waals surface area (Å²) in [5.41, 5.74) is 5.28. The van der Waals surface area contributed by atoms with Crippen LogP contribution in [0.2, 0.25) is 0 Å². The minimum Gasteiger partial charge on any atom is -0.497 e. The maximum atomic E-state index is 12.6. The van der Waals surface area contributed by atoms with E-state index in [0.29, 0.717) is 17.1 Å². The predicted octanol–water partition coefficient (Wildman–Crippen LogP) is 4.06. The van der Waals surface area contributed by atoms with Crippen molar-refractivity contribution in [1.29, 1.82) is 0 Å². The SMILES string of the molecule is COc1cc(OC)cc(C(=O)N/N=C\c2cn(CC(=O)Nc3ccccc3)c3ccccc23)c1. The van der Waals surface area contributed by atoms with Crippen molar-refractivity contribution < 1.29 is 19.1 Å². The van der Waals surface area contributed by atoms with Crippen LogP contribution in [0.4, 0.5) is 5.69 Å². The number of nitrogens with zero attached hydrogens (tertiary/aromatic N) is 2. The van der Waals surface area contributed by atoms with E-state index in [1.165, 1.54) is 14.2 Å². The molecule has 1 heterocycles. The number of amides is 2. The maximum absolute atomic E-state index is 12.6. The first-order valence-corrected chi connectivity index (χ1v) is 10.6. The lowest BCUT2D eigenvalue weighted by Gasteiger charge is -2.07. The number of hydrogen-bond donors (Lipinski definition) is 2. The summed E-state index contributed by atoms with van der Waals surface area (Å²) in [6.45, 7) is 0.138. The van der Waals surface area contributed by atoms with Crippen molar-refractivity contribution >= 4 is 34.6 Å². The lowest BCUT2D eigenvalue weighted by atomic mass is 10.2. The minimum atomic E-state index is -0.403. The summed E-state index contributed by atoms with van der Waals surface area (Å²) in [6, 6.07) is 21.9. The Morgan fingerprint density at radius 2 is 1.62 bits per heavy atom. The van der Waals surface area contributed by atoms with E-state index in [9.17, 15) is 9.59 Å². The standard InChI is InChI=1S/C26H24N4O4/c1-33-21-12-18(13-22(14-21)34-2)26(32)29-27-15-19-16-30(24-11-7-6-10-23(19)24)17-25(31)28-20-8-4-3-5-9-20/h3-16H,17H2,1-2H3,(H,28,31)(H,29,32)/b27-15-. The van der Waals surface area contributed by atoms with Gasteiger partial charge in [0.05, 0.1) is 20.4 Å². The van der Waals surface area contributed by atoms with E-state index in [2.05, 4.69) is 15.8 Å². The van der Waals surface area contributed by atoms with Crippen molar-refractivity contribution in [2.24, 2.45) is 5.10 Å². The summed E-state index contributed by atoms with van der Waals surface area (Å²) >= 11 is 0. The average Bonchev–Trinajstić information content (AvgIpc) is 3.21. The molecule has 0 unspecified atom stereocenters. The highest BCUT2D eigenvalue weighted by atomic mass is 16.5. The topological polar surface area (TPSA) is 93.9 Å². The van der Waals surface area contributed by atoms with Gasteiger partial charge in [-0.3, -0.25) is 9.59 Å². The summed E-state index contributed by atoms with van der Waals surface area (Å²) in [5.74, 6) is 0.464. The molecule has 0 saturated heterocycles. The number of ether oxygens (including phenoxy) is 2. The van der Waals surface area contributed by atoms with Crippen LogP contribution >= 0.6 is 0 Å². The molecule has 0 aliphatic rings. The number of aromatic nitrogens is 1. The Hall–Kier alpha value is -4.59. The van der Waals surface area contributed by atoms with Gasteiger partial charge in [-0.05, 0) is 30.3 Å². The van der Waals surface area contributed by atoms with Crippen LogP contribution in [-0.4, -0.2) is 36.8 Å². The van der Waals surface area contributed by atoms with Gasteiger partial charge < -0.3 is 19.4 Å². The highest BCUT2D eigenvalue weighted by molar-refractivity contribution is 6.01. The Balaban J connectivity index is 1.50. The summed E-state index contributed by atoms with van der Waals surface area (Å²) in [7, 11) is 3.04. The molecule has 4 aromatic rings. The van der Waals surface area contributed by atoms with E-state index >= 15 is 0 Å². The minimum absolute atomic E-state index is 0.138. The van der Waals surface area contributed by atoms with Gasteiger partial charge in [-0.15, -0.1) is 0 Å². The normalized spacial score (nSPS) is 10.9. The van der Waals surface area contributed by atoms with Crippen molar-refractivity contribution in [3.05, 3.63) is 90.1 Å². The van der Waals surface area contributed by atoms with Gasteiger partial charge in [-0.25, -0.2) is 5.43 Å². The number of carbonyl (C=O) groups is 2. The Bertz CT molecular complexity index is 1320. The molecule has 2 N–H and O–H groups in total. The van der Waals surface area contributed by atoms with Gasteiger partial charge >= 0.3 is 0 Å². The van der Waals surface area contributed by atoms with E-state index in [4.69, 9.17) is 9.47 Å². The van der Waals surface area contributed by atoms with Gasteiger partial charge in [0.1, 0.15) is 18.0 Å². The zero-order chi connectivity index (χ0) is 23.9. The van der Waals surface area contributed by atoms with Crippen molar-refractivity contribution in [3.8, 4) is 11.5 Å². The van der Waals surface area contributed by atoms with Gasteiger partial charge in [-0.2, -0.15) is 5.10 Å². The predicted molar refractivity (Wildman–Crippen MR) is 132 cm³/mol. The van der Waals surface area contributed by atoms with Crippen LogP contribution < -0.4 is 20.2 Å². The molecule has 0 atom stereocenters. The van der Waals surface area contributed by atoms with Crippen LogP contribution in [0.25, 0.3) is 10.9 Å². The van der Waals surface area contributed by atoms with Crippen LogP contribution in [0.15, 0.2) is 84.1 Å². The largest absolute Gasteiger partial charge is 0.497 e. The van der Waals surface area contributed by atoms with Gasteiger partial charge in [-0.1, -0.05) is 36.4 Å². The second-order valence-electron chi connectivity index (χ2n) is 7.44. The van der Waals surface area contributed by atoms with Crippen molar-refractivity contribution in [2.75, 3.05) is 19.5 Å². The van der Waals surface area contributed by atoms with Gasteiger partial charge in [0, 0.05) is 40.0 Å². The fourth-order valence-corrected chi connectivity index (χ4v) is 3.55. The molecule has 8 nitrogen and oxygen atoms in total. The molecule has 0 bridgehead atoms. The number of benzene rings is 3. The first-order valence-electron chi connectivity index (χ1n) is 10.6. The van der Waals surface area contributed by atoms with E-state index in [1.807, 2.05) is 65.4 Å². The smallest absolute Gasteiger partial charge is 0.271 e. The Morgan fingerprint density at radius 1 is 0.941 bits per heavy atom. The quantitative estimate of drug-likeness (QED) is 0.309. The van der Waals surface area contributed by atoms with Crippen molar-refractivity contribution in [2.45, 2.75) is 6.54 Å². The molecule has 0 radical (unpaired) electrons. The summed E-state index contributed by atoms with van der Waals surface area (Å²) in [4.78, 5) is 25.1. The molecular formula is C26H24N4O4. The molecule has 0 spiro atoms. The molecule has 0 saturated carbocycles. The highest BCUT2D eigenvalue weighted by Gasteiger charge is 2.12. The molecule has 1 aromatic heterocycles. The van der Waals surface area contributed by atoms with Gasteiger partial charge in [0.15, 0.2) is 0 Å². The van der Waals surface area contributed by atoms with E-state index in [-0.39, 0.29) is 12.5 Å². The lowest BCUT2D eigenvalue weighted by Crippen LogP contribution is -2.18. The molecule has 0 aliphatic carbocycles. The number of methoxy groups -OCH3 is 2. The highest BCUT2D eigenvalue weighted by Crippen LogP contribution is 2.23. The maximum Gasteiger partial charge on any atom is 0.271 e. The molecule has 0 fully saturated rings. The number of para-hydroxylation sites is 2. The molecule has 8 heteroatoms. The molecule has 2 amide bonds. The third kappa shape index (κ3) is 5.24. The first kappa shape index (κ1) is 22.6. The molecule has 3 aromatic carbocycles. The van der Waals surface area contributed by atoms with Crippen LogP contribution in [0, 0.1) is 0 Å². The van der Waals surface area contributed by atoms with Crippen LogP contribution in [0.3, 0.4) is 0 Å². The molecular weight excluding hydrogens is 432 g/mol. The van der Waals surface area contributed by atoms with Crippen molar-refractivity contribution in [1.82, 2.24) is 9.99 Å². The van der Waals surface area contributed by atoms with E-state index < -0.39 is 5.91 Å². The number of carbonyl (C=O) groups excluding carboxylic acids is 2. The molecule has 34 heavy (non-hydrogen) atoms. The second kappa shape index (κ2) is 10.4. The van der Waals surface area contributed by atoms with Crippen LogP contribution in [0.5, 0.6) is 11.5 Å². The fraction of sp³-hybridized carbons (Fsp3) is 0.115. The zero-order valence-electron chi connectivity index (χ0n) is 18.8. The van der Waals surface area contributed by atoms with Gasteiger partial charge in [0.25, 0.3) is 5.91 Å². The Labute approximate surface area is 196 Å². The third-order valence-corrected chi connectivity index (χ3v) is 5.17. The van der Waals surface area contributed by atoms with Crippen molar-refractivity contribution in [3.63, 3.8) is 0 Å². The van der Waals surface area contributed by atoms with Crippen LogP contribution in [0.1, 0.15) is 15.9 Å². The van der Waals surface area contributed by atoms with Gasteiger partial charge in [0.2, 0.25) is 5.91 Å². The molecule has 172 valence electrons. The number of nitrogens with one attached hydrogen (secondary N) is 2. The Morgan fingerprint density at radius 3 is 2.32 bits per heavy atom. The first-order chi connectivity index (χ1) is 16.6. The zero-order valence-corrected chi connectivity index (χ0v) is 18.8. The summed E-state index contributed by atoms with van der Waals surface area (Å²) in [6.07, 6.45) is 3.39. The average molecular weight is 457 g/mol. The lowest BCUT2D eigenvalue weighted by molar-refractivity contribution is -0.116. The number of anilines is 1. The molecule has 0 aliphatic heterocycles. The summed E-state index contributed by atoms with van der Waals surface area (Å²) in [5, 5.41) is 7.92. The third-order valence-electron chi connectivity index (χ3n) is 5.17. The number of fused-ring (bicyclic) bond motifs is 1. The number of rotatable bonds is 8. The number of hydrogen-bond acceptors (Lipinski definition) is 5. The Kier molecular flexibility index (Phi) is 6.88. The van der Waals surface area contributed by atoms with E-state index in [0.717, 1.165) is 22.2 Å². The molecule has 4 rings (SSSR count). The summed E-state index contributed by atoms with van der Waals surface area (Å²) < 4.78 is 12.3. The fourth-order valence-electron chi connectivity index (χ4n) is 3.55. The second-order valence-corrected chi connectivity index (χ2v) is 7.44.